The second-order valence-corrected chi connectivity index (χ2v) is 9.29. The van der Waals surface area contributed by atoms with E-state index in [2.05, 4.69) is 10.6 Å². The van der Waals surface area contributed by atoms with Crippen LogP contribution in [0.15, 0.2) is 78.4 Å². The standard InChI is InChI=1S/C29H27ClN4O6/c1-3-16-33-26(19-8-6-5-7-9-19)24(28(36)40-4-2)25(32-29(33)37)18-10-12-20(13-11-18)31-27(35)22-15-14-21(34(38)39)17-23(22)30/h5-15,17,25H,3-4,16H2,1-2H3,(H,31,35)(H,32,37). The van der Waals surface area contributed by atoms with Crippen LogP contribution in [0.2, 0.25) is 5.02 Å². The highest BCUT2D eigenvalue weighted by molar-refractivity contribution is 6.34. The second-order valence-electron chi connectivity index (χ2n) is 8.88. The summed E-state index contributed by atoms with van der Waals surface area (Å²) in [5.41, 5.74) is 2.37. The predicted molar refractivity (Wildman–Crippen MR) is 151 cm³/mol. The van der Waals surface area contributed by atoms with Crippen LogP contribution in [0.3, 0.4) is 0 Å². The Bertz CT molecular complexity index is 1470. The van der Waals surface area contributed by atoms with E-state index in [9.17, 15) is 24.5 Å². The van der Waals surface area contributed by atoms with Gasteiger partial charge >= 0.3 is 12.0 Å². The van der Waals surface area contributed by atoms with Crippen molar-refractivity contribution in [3.63, 3.8) is 0 Å². The van der Waals surface area contributed by atoms with E-state index >= 15 is 0 Å². The molecule has 2 N–H and O–H groups in total. The number of nitro groups is 1. The predicted octanol–water partition coefficient (Wildman–Crippen LogP) is 5.95. The molecule has 0 aliphatic carbocycles. The second kappa shape index (κ2) is 12.4. The highest BCUT2D eigenvalue weighted by Gasteiger charge is 2.38. The number of anilines is 1. The lowest BCUT2D eigenvalue weighted by atomic mass is 9.91. The number of carbonyl (C=O) groups excluding carboxylic acids is 3. The fourth-order valence-corrected chi connectivity index (χ4v) is 4.69. The number of urea groups is 1. The number of hydrogen-bond donors (Lipinski definition) is 2. The van der Waals surface area contributed by atoms with Crippen molar-refractivity contribution in [1.29, 1.82) is 0 Å². The number of esters is 1. The number of benzene rings is 3. The van der Waals surface area contributed by atoms with E-state index in [-0.39, 0.29) is 28.9 Å². The lowest BCUT2D eigenvalue weighted by molar-refractivity contribution is -0.384. The number of rotatable bonds is 9. The van der Waals surface area contributed by atoms with Crippen LogP contribution in [0, 0.1) is 10.1 Å². The third-order valence-corrected chi connectivity index (χ3v) is 6.54. The van der Waals surface area contributed by atoms with Gasteiger partial charge in [0.2, 0.25) is 0 Å². The number of non-ortho nitro benzene ring substituents is 1. The molecule has 0 spiro atoms. The van der Waals surface area contributed by atoms with E-state index in [0.29, 0.717) is 41.1 Å². The third-order valence-electron chi connectivity index (χ3n) is 6.23. The van der Waals surface area contributed by atoms with Crippen LogP contribution in [0.4, 0.5) is 16.2 Å². The van der Waals surface area contributed by atoms with Gasteiger partial charge in [-0.25, -0.2) is 9.59 Å². The first kappa shape index (κ1) is 28.3. The first-order chi connectivity index (χ1) is 19.2. The van der Waals surface area contributed by atoms with Crippen LogP contribution in [0.25, 0.3) is 5.70 Å². The largest absolute Gasteiger partial charge is 0.463 e. The van der Waals surface area contributed by atoms with Gasteiger partial charge in [0.15, 0.2) is 0 Å². The van der Waals surface area contributed by atoms with Gasteiger partial charge in [-0.3, -0.25) is 19.8 Å². The average molecular weight is 563 g/mol. The number of hydrogen-bond acceptors (Lipinski definition) is 6. The molecule has 10 nitrogen and oxygen atoms in total. The normalized spacial score (nSPS) is 14.9. The zero-order valence-corrected chi connectivity index (χ0v) is 22.6. The highest BCUT2D eigenvalue weighted by atomic mass is 35.5. The van der Waals surface area contributed by atoms with Crippen LogP contribution in [-0.2, 0) is 9.53 Å². The summed E-state index contributed by atoms with van der Waals surface area (Å²) in [5, 5.41) is 16.5. The van der Waals surface area contributed by atoms with Gasteiger partial charge in [0, 0.05) is 24.4 Å². The summed E-state index contributed by atoms with van der Waals surface area (Å²) in [5.74, 6) is -1.09. The van der Waals surface area contributed by atoms with Crippen molar-refractivity contribution in [3.05, 3.63) is 110 Å². The molecule has 3 amide bonds. The smallest absolute Gasteiger partial charge is 0.338 e. The van der Waals surface area contributed by atoms with Crippen LogP contribution in [0.5, 0.6) is 0 Å². The summed E-state index contributed by atoms with van der Waals surface area (Å²) < 4.78 is 5.42. The fourth-order valence-electron chi connectivity index (χ4n) is 4.43. The van der Waals surface area contributed by atoms with E-state index in [1.54, 1.807) is 36.1 Å². The maximum atomic E-state index is 13.3. The molecule has 0 saturated heterocycles. The molecule has 40 heavy (non-hydrogen) atoms. The maximum Gasteiger partial charge on any atom is 0.338 e. The van der Waals surface area contributed by atoms with Gasteiger partial charge in [0.05, 0.1) is 39.4 Å². The molecule has 0 bridgehead atoms. The molecule has 1 atom stereocenters. The van der Waals surface area contributed by atoms with Crippen LogP contribution >= 0.6 is 11.6 Å². The molecule has 206 valence electrons. The molecular formula is C29H27ClN4O6. The zero-order chi connectivity index (χ0) is 28.8. The Morgan fingerprint density at radius 1 is 1.07 bits per heavy atom. The van der Waals surface area contributed by atoms with Crippen molar-refractivity contribution < 1.29 is 24.0 Å². The van der Waals surface area contributed by atoms with Gasteiger partial charge in [0.25, 0.3) is 11.6 Å². The minimum absolute atomic E-state index is 0.0532. The Hall–Kier alpha value is -4.70. The van der Waals surface area contributed by atoms with Gasteiger partial charge in [-0.05, 0) is 42.7 Å². The fraction of sp³-hybridized carbons (Fsp3) is 0.207. The Labute approximate surface area is 235 Å². The molecule has 1 unspecified atom stereocenters. The molecule has 1 heterocycles. The van der Waals surface area contributed by atoms with E-state index < -0.39 is 22.8 Å². The van der Waals surface area contributed by atoms with Crippen molar-refractivity contribution >= 4 is 46.6 Å². The molecule has 11 heteroatoms. The summed E-state index contributed by atoms with van der Waals surface area (Å²) in [6.45, 7) is 4.23. The summed E-state index contributed by atoms with van der Waals surface area (Å²) in [4.78, 5) is 51.2. The molecule has 0 fully saturated rings. The molecule has 3 aromatic rings. The SMILES string of the molecule is CCCN1C(=O)NC(c2ccc(NC(=O)c3ccc([N+](=O)[O-])cc3Cl)cc2)C(C(=O)OCC)=C1c1ccccc1. The van der Waals surface area contributed by atoms with Crippen LogP contribution in [-0.4, -0.2) is 40.9 Å². The third kappa shape index (κ3) is 5.97. The minimum atomic E-state index is -0.802. The topological polar surface area (TPSA) is 131 Å². The van der Waals surface area contributed by atoms with Crippen molar-refractivity contribution in [2.24, 2.45) is 0 Å². The molecule has 1 aliphatic rings. The number of amides is 3. The number of nitrogens with zero attached hydrogens (tertiary/aromatic N) is 2. The Morgan fingerprint density at radius 3 is 2.38 bits per heavy atom. The highest BCUT2D eigenvalue weighted by Crippen LogP contribution is 2.37. The summed E-state index contributed by atoms with van der Waals surface area (Å²) >= 11 is 6.09. The summed E-state index contributed by atoms with van der Waals surface area (Å²) in [7, 11) is 0. The van der Waals surface area contributed by atoms with Gasteiger partial charge in [0.1, 0.15) is 0 Å². The minimum Gasteiger partial charge on any atom is -0.463 e. The van der Waals surface area contributed by atoms with Crippen molar-refractivity contribution in [1.82, 2.24) is 10.2 Å². The Balaban J connectivity index is 1.69. The lowest BCUT2D eigenvalue weighted by Gasteiger charge is -2.36. The average Bonchev–Trinajstić information content (AvgIpc) is 2.94. The summed E-state index contributed by atoms with van der Waals surface area (Å²) in [6.07, 6.45) is 0.678. The quantitative estimate of drug-likeness (QED) is 0.188. The van der Waals surface area contributed by atoms with E-state index in [4.69, 9.17) is 16.3 Å². The monoisotopic (exact) mass is 562 g/mol. The summed E-state index contributed by atoms with van der Waals surface area (Å²) in [6, 6.07) is 18.3. The first-order valence-electron chi connectivity index (χ1n) is 12.6. The molecular weight excluding hydrogens is 536 g/mol. The van der Waals surface area contributed by atoms with Crippen LogP contribution in [0.1, 0.15) is 47.8 Å². The van der Waals surface area contributed by atoms with Crippen LogP contribution < -0.4 is 10.6 Å². The molecule has 0 radical (unpaired) electrons. The Morgan fingerprint density at radius 2 is 1.77 bits per heavy atom. The number of carbonyl (C=O) groups is 3. The first-order valence-corrected chi connectivity index (χ1v) is 13.0. The number of nitrogens with one attached hydrogen (secondary N) is 2. The number of nitro benzene ring substituents is 1. The van der Waals surface area contributed by atoms with Gasteiger partial charge in [-0.2, -0.15) is 0 Å². The Kier molecular flexibility index (Phi) is 8.80. The van der Waals surface area contributed by atoms with Crippen molar-refractivity contribution in [2.45, 2.75) is 26.3 Å². The number of halogens is 1. The van der Waals surface area contributed by atoms with E-state index in [1.165, 1.54) is 12.1 Å². The van der Waals surface area contributed by atoms with Crippen molar-refractivity contribution in [3.8, 4) is 0 Å². The molecule has 3 aromatic carbocycles. The van der Waals surface area contributed by atoms with Crippen molar-refractivity contribution in [2.75, 3.05) is 18.5 Å². The maximum absolute atomic E-state index is 13.3. The van der Waals surface area contributed by atoms with E-state index in [1.807, 2.05) is 37.3 Å². The molecule has 4 rings (SSSR count). The molecule has 1 aliphatic heterocycles. The molecule has 0 saturated carbocycles. The lowest BCUT2D eigenvalue weighted by Crippen LogP contribution is -2.48. The van der Waals surface area contributed by atoms with E-state index in [0.717, 1.165) is 6.07 Å². The van der Waals surface area contributed by atoms with Gasteiger partial charge in [-0.15, -0.1) is 0 Å². The van der Waals surface area contributed by atoms with Gasteiger partial charge in [-0.1, -0.05) is 61.0 Å². The van der Waals surface area contributed by atoms with Gasteiger partial charge < -0.3 is 15.4 Å². The molecule has 0 aromatic heterocycles. The number of ether oxygens (including phenoxy) is 1. The zero-order valence-electron chi connectivity index (χ0n) is 21.8.